The number of ether oxygens (including phenoxy) is 1. The maximum atomic E-state index is 12.9. The number of hydrogen-bond acceptors (Lipinski definition) is 3. The summed E-state index contributed by atoms with van der Waals surface area (Å²) in [6, 6.07) is 10.5. The summed E-state index contributed by atoms with van der Waals surface area (Å²) in [5.74, 6) is -0.139. The van der Waals surface area contributed by atoms with Crippen LogP contribution in [0.2, 0.25) is 5.02 Å². The van der Waals surface area contributed by atoms with Crippen LogP contribution < -0.4 is 10.2 Å². The molecule has 2 rings (SSSR count). The molecule has 0 bridgehead atoms. The van der Waals surface area contributed by atoms with Crippen molar-refractivity contribution in [2.75, 3.05) is 7.11 Å². The van der Waals surface area contributed by atoms with Crippen LogP contribution in [-0.2, 0) is 0 Å². The Hall–Kier alpha value is -2.40. The zero-order chi connectivity index (χ0) is 15.2. The second-order valence-electron chi connectivity index (χ2n) is 4.09. The van der Waals surface area contributed by atoms with Crippen LogP contribution in [-0.4, -0.2) is 19.2 Å². The summed E-state index contributed by atoms with van der Waals surface area (Å²) in [4.78, 5) is 11.8. The van der Waals surface area contributed by atoms with E-state index in [0.29, 0.717) is 16.9 Å². The molecule has 0 saturated carbocycles. The van der Waals surface area contributed by atoms with Crippen molar-refractivity contribution in [2.45, 2.75) is 0 Å². The van der Waals surface area contributed by atoms with Gasteiger partial charge in [0.2, 0.25) is 0 Å². The summed E-state index contributed by atoms with van der Waals surface area (Å²) in [5.41, 5.74) is 3.31. The SMILES string of the molecule is COc1ccc(C(=O)N/N=C/c2ccc(F)cc2Cl)cc1. The molecule has 1 amide bonds. The molecule has 6 heteroatoms. The maximum Gasteiger partial charge on any atom is 0.271 e. The molecule has 0 atom stereocenters. The average molecular weight is 307 g/mol. The van der Waals surface area contributed by atoms with E-state index in [1.807, 2.05) is 0 Å². The smallest absolute Gasteiger partial charge is 0.271 e. The number of nitrogens with one attached hydrogen (secondary N) is 1. The second-order valence-corrected chi connectivity index (χ2v) is 4.50. The third-order valence-corrected chi connectivity index (χ3v) is 3.01. The second kappa shape index (κ2) is 6.85. The lowest BCUT2D eigenvalue weighted by atomic mass is 10.2. The maximum absolute atomic E-state index is 12.9. The summed E-state index contributed by atoms with van der Waals surface area (Å²) in [7, 11) is 1.55. The molecule has 0 radical (unpaired) electrons. The lowest BCUT2D eigenvalue weighted by molar-refractivity contribution is 0.0955. The summed E-state index contributed by atoms with van der Waals surface area (Å²) < 4.78 is 17.9. The molecule has 0 saturated heterocycles. The summed E-state index contributed by atoms with van der Waals surface area (Å²) in [5, 5.41) is 4.01. The topological polar surface area (TPSA) is 50.7 Å². The molecule has 0 aromatic heterocycles. The lowest BCUT2D eigenvalue weighted by Gasteiger charge is -2.02. The Morgan fingerprint density at radius 3 is 2.62 bits per heavy atom. The first-order valence-electron chi connectivity index (χ1n) is 6.02. The Balaban J connectivity index is 2.01. The van der Waals surface area contributed by atoms with Gasteiger partial charge in [0.15, 0.2) is 0 Å². The Morgan fingerprint density at radius 1 is 1.29 bits per heavy atom. The Morgan fingerprint density at radius 2 is 2.00 bits per heavy atom. The predicted octanol–water partition coefficient (Wildman–Crippen LogP) is 3.25. The number of hydrazone groups is 1. The van der Waals surface area contributed by atoms with Gasteiger partial charge in [0, 0.05) is 11.1 Å². The molecule has 21 heavy (non-hydrogen) atoms. The predicted molar refractivity (Wildman–Crippen MR) is 79.5 cm³/mol. The number of nitrogens with zero attached hydrogens (tertiary/aromatic N) is 1. The quantitative estimate of drug-likeness (QED) is 0.696. The average Bonchev–Trinajstić information content (AvgIpc) is 2.49. The molecule has 4 nitrogen and oxygen atoms in total. The van der Waals surface area contributed by atoms with Crippen LogP contribution in [0.3, 0.4) is 0 Å². The highest BCUT2D eigenvalue weighted by Crippen LogP contribution is 2.15. The van der Waals surface area contributed by atoms with E-state index < -0.39 is 5.82 Å². The first kappa shape index (κ1) is 15.0. The monoisotopic (exact) mass is 306 g/mol. The number of halogens is 2. The highest BCUT2D eigenvalue weighted by atomic mass is 35.5. The Kier molecular flexibility index (Phi) is 4.90. The minimum absolute atomic E-state index is 0.220. The number of hydrogen-bond donors (Lipinski definition) is 1. The van der Waals surface area contributed by atoms with Gasteiger partial charge < -0.3 is 4.74 Å². The van der Waals surface area contributed by atoms with E-state index in [1.165, 1.54) is 24.4 Å². The van der Waals surface area contributed by atoms with Gasteiger partial charge in [-0.1, -0.05) is 11.6 Å². The zero-order valence-electron chi connectivity index (χ0n) is 11.1. The van der Waals surface area contributed by atoms with Crippen LogP contribution >= 0.6 is 11.6 Å². The number of carbonyl (C=O) groups excluding carboxylic acids is 1. The van der Waals surface area contributed by atoms with Crippen molar-refractivity contribution >= 4 is 23.7 Å². The zero-order valence-corrected chi connectivity index (χ0v) is 11.9. The summed E-state index contributed by atoms with van der Waals surface area (Å²) in [6.07, 6.45) is 1.35. The van der Waals surface area contributed by atoms with Gasteiger partial charge in [0.25, 0.3) is 5.91 Å². The van der Waals surface area contributed by atoms with E-state index in [9.17, 15) is 9.18 Å². The van der Waals surface area contributed by atoms with Crippen LogP contribution in [0.15, 0.2) is 47.6 Å². The van der Waals surface area contributed by atoms with Crippen LogP contribution in [0, 0.1) is 5.82 Å². The third kappa shape index (κ3) is 4.03. The molecule has 2 aromatic rings. The molecule has 0 aliphatic heterocycles. The van der Waals surface area contributed by atoms with Crippen molar-refractivity contribution < 1.29 is 13.9 Å². The molecular formula is C15H12ClFN2O2. The normalized spacial score (nSPS) is 10.6. The summed E-state index contributed by atoms with van der Waals surface area (Å²) in [6.45, 7) is 0. The highest BCUT2D eigenvalue weighted by molar-refractivity contribution is 6.33. The Labute approximate surface area is 126 Å². The van der Waals surface area contributed by atoms with Gasteiger partial charge in [-0.3, -0.25) is 4.79 Å². The minimum Gasteiger partial charge on any atom is -0.497 e. The van der Waals surface area contributed by atoms with Gasteiger partial charge in [-0.15, -0.1) is 0 Å². The van der Waals surface area contributed by atoms with E-state index in [4.69, 9.17) is 16.3 Å². The van der Waals surface area contributed by atoms with E-state index in [1.54, 1.807) is 31.4 Å². The fourth-order valence-corrected chi connectivity index (χ4v) is 1.79. The van der Waals surface area contributed by atoms with Crippen molar-refractivity contribution in [1.82, 2.24) is 5.43 Å². The third-order valence-electron chi connectivity index (χ3n) is 2.68. The molecule has 0 unspecified atom stereocenters. The first-order valence-corrected chi connectivity index (χ1v) is 6.40. The first-order chi connectivity index (χ1) is 10.1. The van der Waals surface area contributed by atoms with Gasteiger partial charge in [0.05, 0.1) is 18.3 Å². The van der Waals surface area contributed by atoms with Gasteiger partial charge in [0.1, 0.15) is 11.6 Å². The highest BCUT2D eigenvalue weighted by Gasteiger charge is 2.04. The number of amides is 1. The number of rotatable bonds is 4. The van der Waals surface area contributed by atoms with Crippen LogP contribution in [0.1, 0.15) is 15.9 Å². The van der Waals surface area contributed by atoms with E-state index >= 15 is 0 Å². The number of benzene rings is 2. The molecule has 0 aliphatic rings. The van der Waals surface area contributed by atoms with E-state index in [0.717, 1.165) is 0 Å². The van der Waals surface area contributed by atoms with Crippen molar-refractivity contribution in [2.24, 2.45) is 5.10 Å². The summed E-state index contributed by atoms with van der Waals surface area (Å²) >= 11 is 5.84. The Bertz CT molecular complexity index is 672. The molecule has 0 heterocycles. The standard InChI is InChI=1S/C15H12ClFN2O2/c1-21-13-6-3-10(4-7-13)15(20)19-18-9-11-2-5-12(17)8-14(11)16/h2-9H,1H3,(H,19,20)/b18-9+. The van der Waals surface area contributed by atoms with Gasteiger partial charge in [-0.05, 0) is 42.5 Å². The van der Waals surface area contributed by atoms with E-state index in [2.05, 4.69) is 10.5 Å². The molecular weight excluding hydrogens is 295 g/mol. The fourth-order valence-electron chi connectivity index (χ4n) is 1.57. The van der Waals surface area contributed by atoms with Crippen LogP contribution in [0.5, 0.6) is 5.75 Å². The van der Waals surface area contributed by atoms with Gasteiger partial charge in [-0.25, -0.2) is 9.82 Å². The molecule has 1 N–H and O–H groups in total. The van der Waals surface area contributed by atoms with Crippen molar-refractivity contribution in [3.05, 3.63) is 64.4 Å². The molecule has 108 valence electrons. The van der Waals surface area contributed by atoms with Crippen LogP contribution in [0.25, 0.3) is 0 Å². The molecule has 0 aliphatic carbocycles. The molecule has 2 aromatic carbocycles. The van der Waals surface area contributed by atoms with Crippen molar-refractivity contribution in [3.63, 3.8) is 0 Å². The lowest BCUT2D eigenvalue weighted by Crippen LogP contribution is -2.17. The largest absolute Gasteiger partial charge is 0.497 e. The van der Waals surface area contributed by atoms with Gasteiger partial charge in [-0.2, -0.15) is 5.10 Å². The molecule has 0 fully saturated rings. The number of carbonyl (C=O) groups is 1. The minimum atomic E-state index is -0.431. The van der Waals surface area contributed by atoms with Crippen molar-refractivity contribution in [3.8, 4) is 5.75 Å². The number of methoxy groups -OCH3 is 1. The van der Waals surface area contributed by atoms with E-state index in [-0.39, 0.29) is 10.9 Å². The van der Waals surface area contributed by atoms with Crippen LogP contribution in [0.4, 0.5) is 4.39 Å². The van der Waals surface area contributed by atoms with Crippen molar-refractivity contribution in [1.29, 1.82) is 0 Å². The fraction of sp³-hybridized carbons (Fsp3) is 0.0667. The van der Waals surface area contributed by atoms with Gasteiger partial charge >= 0.3 is 0 Å². The molecule has 0 spiro atoms.